The highest BCUT2D eigenvalue weighted by atomic mass is 16.7. The van der Waals surface area contributed by atoms with E-state index in [9.17, 15) is 4.79 Å². The molecule has 0 radical (unpaired) electrons. The lowest BCUT2D eigenvalue weighted by Gasteiger charge is -2.24. The lowest BCUT2D eigenvalue weighted by molar-refractivity contribution is -0.144. The predicted octanol–water partition coefficient (Wildman–Crippen LogP) is 0.989. The third-order valence-corrected chi connectivity index (χ3v) is 2.29. The average molecular weight is 226 g/mol. The van der Waals surface area contributed by atoms with Crippen LogP contribution < -0.4 is 0 Å². The van der Waals surface area contributed by atoms with Gasteiger partial charge in [0.05, 0.1) is 6.61 Å². The Labute approximate surface area is 93.0 Å². The smallest absolute Gasteiger partial charge is 0.299 e. The molecule has 6 heteroatoms. The Bertz CT molecular complexity index is 357. The lowest BCUT2D eigenvalue weighted by atomic mass is 10.3. The summed E-state index contributed by atoms with van der Waals surface area (Å²) in [4.78, 5) is 17.1. The molecule has 0 saturated carbocycles. The third kappa shape index (κ3) is 2.40. The molecule has 1 fully saturated rings. The van der Waals surface area contributed by atoms with E-state index in [1.165, 1.54) is 5.06 Å². The summed E-state index contributed by atoms with van der Waals surface area (Å²) in [6, 6.07) is 1.57. The topological polar surface area (TPSA) is 64.8 Å². The average Bonchev–Trinajstić information content (AvgIpc) is 2.78. The molecule has 1 saturated heterocycles. The van der Waals surface area contributed by atoms with E-state index >= 15 is 0 Å². The number of ether oxygens (including phenoxy) is 1. The first-order valence-electron chi connectivity index (χ1n) is 5.20. The van der Waals surface area contributed by atoms with Crippen LogP contribution >= 0.6 is 0 Å². The molecule has 2 rings (SSSR count). The largest absolute Gasteiger partial charge is 0.377 e. The van der Waals surface area contributed by atoms with Crippen molar-refractivity contribution in [2.75, 3.05) is 20.3 Å². The summed E-state index contributed by atoms with van der Waals surface area (Å²) in [5.41, 5.74) is 0.258. The van der Waals surface area contributed by atoms with Gasteiger partial charge in [-0.3, -0.25) is 9.63 Å². The summed E-state index contributed by atoms with van der Waals surface area (Å²) in [5, 5.41) is 5.01. The van der Waals surface area contributed by atoms with Crippen LogP contribution in [0.5, 0.6) is 0 Å². The first kappa shape index (κ1) is 11.1. The second kappa shape index (κ2) is 5.09. The number of hydroxylamine groups is 2. The molecule has 0 unspecified atom stereocenters. The number of amides is 1. The van der Waals surface area contributed by atoms with E-state index in [0.717, 1.165) is 12.8 Å². The molecule has 16 heavy (non-hydrogen) atoms. The molecular formula is C10H14N2O4. The van der Waals surface area contributed by atoms with Gasteiger partial charge in [0, 0.05) is 19.7 Å². The van der Waals surface area contributed by atoms with Crippen LogP contribution in [-0.4, -0.2) is 36.4 Å². The van der Waals surface area contributed by atoms with Gasteiger partial charge in [-0.25, -0.2) is 5.06 Å². The molecule has 1 aliphatic heterocycles. The summed E-state index contributed by atoms with van der Waals surface area (Å²) in [5.74, 6) is 0.272. The highest BCUT2D eigenvalue weighted by Gasteiger charge is 2.22. The molecule has 1 aromatic heterocycles. The molecule has 0 aromatic carbocycles. The Morgan fingerprint density at radius 2 is 2.50 bits per heavy atom. The first-order chi connectivity index (χ1) is 7.81. The van der Waals surface area contributed by atoms with Gasteiger partial charge >= 0.3 is 0 Å². The van der Waals surface area contributed by atoms with Crippen LogP contribution in [0.4, 0.5) is 0 Å². The van der Waals surface area contributed by atoms with Crippen LogP contribution in [0.3, 0.4) is 0 Å². The number of nitrogens with zero attached hydrogens (tertiary/aromatic N) is 2. The van der Waals surface area contributed by atoms with Gasteiger partial charge in [0.25, 0.3) is 5.91 Å². The van der Waals surface area contributed by atoms with E-state index in [0.29, 0.717) is 25.5 Å². The summed E-state index contributed by atoms with van der Waals surface area (Å²) in [6.07, 6.45) is 1.94. The van der Waals surface area contributed by atoms with Crippen molar-refractivity contribution in [3.63, 3.8) is 0 Å². The molecule has 1 aromatic rings. The molecule has 0 atom stereocenters. The monoisotopic (exact) mass is 226 g/mol. The Morgan fingerprint density at radius 3 is 3.19 bits per heavy atom. The normalized spacial score (nSPS) is 16.4. The highest BCUT2D eigenvalue weighted by Crippen LogP contribution is 2.12. The van der Waals surface area contributed by atoms with Crippen molar-refractivity contribution >= 4 is 5.91 Å². The van der Waals surface area contributed by atoms with Gasteiger partial charge in [0.2, 0.25) is 0 Å². The van der Waals surface area contributed by atoms with E-state index in [1.54, 1.807) is 13.2 Å². The lowest BCUT2D eigenvalue weighted by Crippen LogP contribution is -2.35. The molecule has 0 N–H and O–H groups in total. The van der Waals surface area contributed by atoms with Crippen LogP contribution in [0.15, 0.2) is 10.6 Å². The van der Waals surface area contributed by atoms with Gasteiger partial charge in [-0.2, -0.15) is 0 Å². The van der Waals surface area contributed by atoms with Crippen molar-refractivity contribution in [1.82, 2.24) is 10.2 Å². The van der Waals surface area contributed by atoms with Crippen molar-refractivity contribution in [3.8, 4) is 0 Å². The minimum atomic E-state index is -0.259. The Balaban J connectivity index is 2.01. The molecule has 0 aliphatic carbocycles. The summed E-state index contributed by atoms with van der Waals surface area (Å²) < 4.78 is 9.82. The SMILES string of the molecule is COCc1cc(C(=O)N2CCCCO2)no1. The van der Waals surface area contributed by atoms with Crippen LogP contribution in [0, 0.1) is 0 Å². The molecule has 88 valence electrons. The fraction of sp³-hybridized carbons (Fsp3) is 0.600. The van der Waals surface area contributed by atoms with Crippen LogP contribution in [-0.2, 0) is 16.2 Å². The van der Waals surface area contributed by atoms with Gasteiger partial charge < -0.3 is 9.26 Å². The van der Waals surface area contributed by atoms with Crippen molar-refractivity contribution in [2.45, 2.75) is 19.4 Å². The molecule has 2 heterocycles. The molecule has 1 aliphatic rings. The van der Waals surface area contributed by atoms with Crippen LogP contribution in [0.1, 0.15) is 29.1 Å². The number of aromatic nitrogens is 1. The van der Waals surface area contributed by atoms with Gasteiger partial charge in [0.1, 0.15) is 6.61 Å². The van der Waals surface area contributed by atoms with Crippen molar-refractivity contribution in [1.29, 1.82) is 0 Å². The number of carbonyl (C=O) groups is 1. The minimum Gasteiger partial charge on any atom is -0.377 e. The maximum Gasteiger partial charge on any atom is 0.299 e. The number of methoxy groups -OCH3 is 1. The second-order valence-corrected chi connectivity index (χ2v) is 3.56. The molecule has 0 spiro atoms. The fourth-order valence-corrected chi connectivity index (χ4v) is 1.51. The minimum absolute atomic E-state index is 0.258. The second-order valence-electron chi connectivity index (χ2n) is 3.56. The van der Waals surface area contributed by atoms with Crippen molar-refractivity contribution in [3.05, 3.63) is 17.5 Å². The van der Waals surface area contributed by atoms with Crippen molar-refractivity contribution < 1.29 is 18.9 Å². The predicted molar refractivity (Wildman–Crippen MR) is 53.4 cm³/mol. The van der Waals surface area contributed by atoms with E-state index in [1.807, 2.05) is 0 Å². The van der Waals surface area contributed by atoms with Gasteiger partial charge in [-0.15, -0.1) is 0 Å². The zero-order valence-corrected chi connectivity index (χ0v) is 9.14. The standard InChI is InChI=1S/C10H14N2O4/c1-14-7-8-6-9(11-16-8)10(13)12-4-2-3-5-15-12/h6H,2-5,7H2,1H3. The highest BCUT2D eigenvalue weighted by molar-refractivity contribution is 5.91. The van der Waals surface area contributed by atoms with Crippen LogP contribution in [0.2, 0.25) is 0 Å². The van der Waals surface area contributed by atoms with Gasteiger partial charge in [-0.1, -0.05) is 5.16 Å². The Kier molecular flexibility index (Phi) is 3.53. The number of hydrogen-bond acceptors (Lipinski definition) is 5. The zero-order chi connectivity index (χ0) is 11.4. The Morgan fingerprint density at radius 1 is 1.62 bits per heavy atom. The molecule has 1 amide bonds. The molecule has 0 bridgehead atoms. The van der Waals surface area contributed by atoms with Crippen molar-refractivity contribution in [2.24, 2.45) is 0 Å². The maximum absolute atomic E-state index is 11.9. The van der Waals surface area contributed by atoms with E-state index in [2.05, 4.69) is 5.16 Å². The van der Waals surface area contributed by atoms with E-state index < -0.39 is 0 Å². The summed E-state index contributed by atoms with van der Waals surface area (Å²) >= 11 is 0. The van der Waals surface area contributed by atoms with Crippen LogP contribution in [0.25, 0.3) is 0 Å². The summed E-state index contributed by atoms with van der Waals surface area (Å²) in [7, 11) is 1.55. The fourth-order valence-electron chi connectivity index (χ4n) is 1.51. The third-order valence-electron chi connectivity index (χ3n) is 2.29. The quantitative estimate of drug-likeness (QED) is 0.769. The number of carbonyl (C=O) groups excluding carboxylic acids is 1. The maximum atomic E-state index is 11.9. The van der Waals surface area contributed by atoms with E-state index in [-0.39, 0.29) is 11.6 Å². The van der Waals surface area contributed by atoms with Gasteiger partial charge in [-0.05, 0) is 12.8 Å². The zero-order valence-electron chi connectivity index (χ0n) is 9.14. The summed E-state index contributed by atoms with van der Waals surface area (Å²) in [6.45, 7) is 1.49. The van der Waals surface area contributed by atoms with E-state index in [4.69, 9.17) is 14.1 Å². The molecule has 6 nitrogen and oxygen atoms in total. The Hall–Kier alpha value is -1.40. The van der Waals surface area contributed by atoms with Gasteiger partial charge in [0.15, 0.2) is 11.5 Å². The number of hydrogen-bond donors (Lipinski definition) is 0. The number of rotatable bonds is 3. The first-order valence-corrected chi connectivity index (χ1v) is 5.20. The molecular weight excluding hydrogens is 212 g/mol.